The molecule has 1 aliphatic heterocycles. The standard InChI is InChI=1S/C20H25N3O/c1-2-3-13-21-19-17(11-7-14-22-19)18-12-8-15-23(18)20(24)16-9-5-4-6-10-16/h4-7,9-11,14,18H,2-3,8,12-13,15H2,1H3,(H,21,22). The van der Waals surface area contributed by atoms with Gasteiger partial charge < -0.3 is 10.2 Å². The molecule has 1 aliphatic rings. The SMILES string of the molecule is CCCCNc1ncccc1C1CCCN1C(=O)c1ccccc1. The van der Waals surface area contributed by atoms with Crippen LogP contribution in [0, 0.1) is 0 Å². The smallest absolute Gasteiger partial charge is 0.254 e. The molecule has 1 amide bonds. The van der Waals surface area contributed by atoms with Gasteiger partial charge in [-0.05, 0) is 37.5 Å². The number of unbranched alkanes of at least 4 members (excludes halogenated alkanes) is 1. The molecule has 1 N–H and O–H groups in total. The highest BCUT2D eigenvalue weighted by molar-refractivity contribution is 5.94. The molecule has 0 spiro atoms. The van der Waals surface area contributed by atoms with E-state index in [4.69, 9.17) is 0 Å². The number of nitrogens with zero attached hydrogens (tertiary/aromatic N) is 2. The molecule has 0 saturated carbocycles. The number of benzene rings is 1. The van der Waals surface area contributed by atoms with Crippen molar-refractivity contribution in [1.82, 2.24) is 9.88 Å². The Morgan fingerprint density at radius 1 is 1.25 bits per heavy atom. The van der Waals surface area contributed by atoms with E-state index in [1.54, 1.807) is 0 Å². The minimum absolute atomic E-state index is 0.107. The van der Waals surface area contributed by atoms with E-state index in [1.807, 2.05) is 47.5 Å². The molecule has 126 valence electrons. The molecule has 1 fully saturated rings. The Balaban J connectivity index is 1.82. The van der Waals surface area contributed by atoms with E-state index in [1.165, 1.54) is 0 Å². The number of hydrogen-bond acceptors (Lipinski definition) is 3. The number of amides is 1. The van der Waals surface area contributed by atoms with Crippen LogP contribution in [0.25, 0.3) is 0 Å². The van der Waals surface area contributed by atoms with Crippen molar-refractivity contribution in [3.63, 3.8) is 0 Å². The molecule has 2 heterocycles. The summed E-state index contributed by atoms with van der Waals surface area (Å²) in [5.41, 5.74) is 1.89. The molecule has 1 aromatic heterocycles. The maximum atomic E-state index is 12.9. The second-order valence-corrected chi connectivity index (χ2v) is 6.24. The van der Waals surface area contributed by atoms with Gasteiger partial charge in [-0.3, -0.25) is 4.79 Å². The van der Waals surface area contributed by atoms with Crippen LogP contribution in [0.15, 0.2) is 48.7 Å². The lowest BCUT2D eigenvalue weighted by Gasteiger charge is -2.26. The predicted octanol–water partition coefficient (Wildman–Crippen LogP) is 4.27. The Labute approximate surface area is 143 Å². The van der Waals surface area contributed by atoms with E-state index >= 15 is 0 Å². The van der Waals surface area contributed by atoms with Crippen LogP contribution in [-0.2, 0) is 0 Å². The number of carbonyl (C=O) groups is 1. The number of hydrogen-bond donors (Lipinski definition) is 1. The molecule has 1 atom stereocenters. The molecular formula is C20H25N3O. The summed E-state index contributed by atoms with van der Waals surface area (Å²) in [4.78, 5) is 19.4. The third-order valence-electron chi connectivity index (χ3n) is 4.56. The van der Waals surface area contributed by atoms with Gasteiger partial charge in [0.1, 0.15) is 5.82 Å². The van der Waals surface area contributed by atoms with Gasteiger partial charge in [-0.1, -0.05) is 37.6 Å². The Bertz CT molecular complexity index is 672. The zero-order valence-electron chi connectivity index (χ0n) is 14.2. The van der Waals surface area contributed by atoms with Gasteiger partial charge in [0.25, 0.3) is 5.91 Å². The van der Waals surface area contributed by atoms with Gasteiger partial charge in [0.15, 0.2) is 0 Å². The minimum atomic E-state index is 0.107. The summed E-state index contributed by atoms with van der Waals surface area (Å²) in [6.07, 6.45) is 6.11. The second kappa shape index (κ2) is 7.95. The number of likely N-dealkylation sites (tertiary alicyclic amines) is 1. The van der Waals surface area contributed by atoms with Gasteiger partial charge >= 0.3 is 0 Å². The molecule has 0 radical (unpaired) electrons. The van der Waals surface area contributed by atoms with Crippen molar-refractivity contribution >= 4 is 11.7 Å². The normalized spacial score (nSPS) is 17.0. The highest BCUT2D eigenvalue weighted by Gasteiger charge is 2.32. The summed E-state index contributed by atoms with van der Waals surface area (Å²) in [5, 5.41) is 3.44. The Morgan fingerprint density at radius 3 is 2.88 bits per heavy atom. The fourth-order valence-electron chi connectivity index (χ4n) is 3.30. The largest absolute Gasteiger partial charge is 0.370 e. The summed E-state index contributed by atoms with van der Waals surface area (Å²) in [6.45, 7) is 3.90. The topological polar surface area (TPSA) is 45.2 Å². The highest BCUT2D eigenvalue weighted by Crippen LogP contribution is 2.36. The van der Waals surface area contributed by atoms with Crippen molar-refractivity contribution in [3.8, 4) is 0 Å². The molecule has 2 aromatic rings. The monoisotopic (exact) mass is 323 g/mol. The van der Waals surface area contributed by atoms with Gasteiger partial charge in [0.2, 0.25) is 0 Å². The first-order valence-corrected chi connectivity index (χ1v) is 8.86. The maximum Gasteiger partial charge on any atom is 0.254 e. The first-order chi connectivity index (χ1) is 11.8. The van der Waals surface area contributed by atoms with Crippen LogP contribution < -0.4 is 5.32 Å². The predicted molar refractivity (Wildman–Crippen MR) is 97.1 cm³/mol. The van der Waals surface area contributed by atoms with Gasteiger partial charge in [0, 0.05) is 30.4 Å². The average molecular weight is 323 g/mol. The number of anilines is 1. The van der Waals surface area contributed by atoms with Gasteiger partial charge in [-0.25, -0.2) is 4.98 Å². The number of pyridine rings is 1. The first-order valence-electron chi connectivity index (χ1n) is 8.86. The summed E-state index contributed by atoms with van der Waals surface area (Å²) >= 11 is 0. The third-order valence-corrected chi connectivity index (χ3v) is 4.56. The summed E-state index contributed by atoms with van der Waals surface area (Å²) in [7, 11) is 0. The highest BCUT2D eigenvalue weighted by atomic mass is 16.2. The zero-order chi connectivity index (χ0) is 16.8. The zero-order valence-corrected chi connectivity index (χ0v) is 14.2. The average Bonchev–Trinajstić information content (AvgIpc) is 3.12. The molecule has 3 rings (SSSR count). The lowest BCUT2D eigenvalue weighted by atomic mass is 10.0. The van der Waals surface area contributed by atoms with Crippen molar-refractivity contribution < 1.29 is 4.79 Å². The van der Waals surface area contributed by atoms with Crippen LogP contribution >= 0.6 is 0 Å². The lowest BCUT2D eigenvalue weighted by Crippen LogP contribution is -2.31. The van der Waals surface area contributed by atoms with E-state index in [9.17, 15) is 4.79 Å². The Kier molecular flexibility index (Phi) is 5.47. The Morgan fingerprint density at radius 2 is 2.08 bits per heavy atom. The summed E-state index contributed by atoms with van der Waals surface area (Å²) in [5.74, 6) is 1.03. The summed E-state index contributed by atoms with van der Waals surface area (Å²) in [6, 6.07) is 13.7. The third kappa shape index (κ3) is 3.58. The quantitative estimate of drug-likeness (QED) is 0.807. The van der Waals surface area contributed by atoms with Gasteiger partial charge in [0.05, 0.1) is 6.04 Å². The molecule has 0 bridgehead atoms. The first kappa shape index (κ1) is 16.5. The summed E-state index contributed by atoms with van der Waals surface area (Å²) < 4.78 is 0. The van der Waals surface area contributed by atoms with Crippen LogP contribution in [-0.4, -0.2) is 28.9 Å². The Hall–Kier alpha value is -2.36. The number of aromatic nitrogens is 1. The molecule has 1 unspecified atom stereocenters. The van der Waals surface area contributed by atoms with Gasteiger partial charge in [-0.15, -0.1) is 0 Å². The van der Waals surface area contributed by atoms with Crippen molar-refractivity contribution in [2.45, 2.75) is 38.6 Å². The molecule has 4 nitrogen and oxygen atoms in total. The van der Waals surface area contributed by atoms with Gasteiger partial charge in [-0.2, -0.15) is 0 Å². The minimum Gasteiger partial charge on any atom is -0.370 e. The van der Waals surface area contributed by atoms with Crippen LogP contribution in [0.4, 0.5) is 5.82 Å². The van der Waals surface area contributed by atoms with Crippen molar-refractivity contribution in [3.05, 3.63) is 59.8 Å². The van der Waals surface area contributed by atoms with Crippen molar-refractivity contribution in [2.24, 2.45) is 0 Å². The van der Waals surface area contributed by atoms with E-state index in [2.05, 4.69) is 23.3 Å². The van der Waals surface area contributed by atoms with E-state index in [0.29, 0.717) is 0 Å². The van der Waals surface area contributed by atoms with Crippen molar-refractivity contribution in [1.29, 1.82) is 0 Å². The van der Waals surface area contributed by atoms with E-state index in [-0.39, 0.29) is 11.9 Å². The number of carbonyl (C=O) groups excluding carboxylic acids is 1. The second-order valence-electron chi connectivity index (χ2n) is 6.24. The molecular weight excluding hydrogens is 298 g/mol. The van der Waals surface area contributed by atoms with Crippen LogP contribution in [0.1, 0.15) is 54.6 Å². The van der Waals surface area contributed by atoms with E-state index < -0.39 is 0 Å². The van der Waals surface area contributed by atoms with Crippen LogP contribution in [0.2, 0.25) is 0 Å². The van der Waals surface area contributed by atoms with Crippen molar-refractivity contribution in [2.75, 3.05) is 18.4 Å². The van der Waals surface area contributed by atoms with Crippen LogP contribution in [0.3, 0.4) is 0 Å². The molecule has 24 heavy (non-hydrogen) atoms. The fourth-order valence-corrected chi connectivity index (χ4v) is 3.30. The maximum absolute atomic E-state index is 12.9. The molecule has 1 saturated heterocycles. The lowest BCUT2D eigenvalue weighted by molar-refractivity contribution is 0.0736. The molecule has 1 aromatic carbocycles. The fraction of sp³-hybridized carbons (Fsp3) is 0.400. The van der Waals surface area contributed by atoms with Crippen LogP contribution in [0.5, 0.6) is 0 Å². The molecule has 4 heteroatoms. The molecule has 0 aliphatic carbocycles. The van der Waals surface area contributed by atoms with E-state index in [0.717, 1.165) is 55.7 Å². The number of rotatable bonds is 6. The number of nitrogens with one attached hydrogen (secondary N) is 1.